The molecule has 0 amide bonds. The molecule has 0 radical (unpaired) electrons. The van der Waals surface area contributed by atoms with E-state index in [1.54, 1.807) is 37.7 Å². The zero-order valence-corrected chi connectivity index (χ0v) is 14.4. The first kappa shape index (κ1) is 19.3. The summed E-state index contributed by atoms with van der Waals surface area (Å²) in [5.74, 6) is 0.994. The maximum atomic E-state index is 10.4. The SMILES string of the molecule is COC(C)OC.O=Cc1ccc(COC/C=C/c2ccsc2)o1. The molecule has 6 heteroatoms. The summed E-state index contributed by atoms with van der Waals surface area (Å²) in [6.45, 7) is 2.73. The number of thiophene rings is 1. The summed E-state index contributed by atoms with van der Waals surface area (Å²) in [4.78, 5) is 10.4. The van der Waals surface area contributed by atoms with Gasteiger partial charge < -0.3 is 18.6 Å². The Bertz CT molecular complexity index is 555. The van der Waals surface area contributed by atoms with Crippen LogP contribution in [0.25, 0.3) is 6.08 Å². The van der Waals surface area contributed by atoms with Crippen LogP contribution in [0.2, 0.25) is 0 Å². The van der Waals surface area contributed by atoms with Crippen molar-refractivity contribution in [2.45, 2.75) is 19.8 Å². The fourth-order valence-electron chi connectivity index (χ4n) is 1.41. The second-order valence-electron chi connectivity index (χ2n) is 4.44. The van der Waals surface area contributed by atoms with Gasteiger partial charge >= 0.3 is 0 Å². The number of ether oxygens (including phenoxy) is 3. The van der Waals surface area contributed by atoms with E-state index in [2.05, 4.69) is 14.9 Å². The Kier molecular flexibility index (Phi) is 9.90. The number of furan rings is 1. The van der Waals surface area contributed by atoms with E-state index in [-0.39, 0.29) is 6.29 Å². The minimum absolute atomic E-state index is 0.0648. The Hall–Kier alpha value is -1.73. The molecule has 0 N–H and O–H groups in total. The van der Waals surface area contributed by atoms with Crippen molar-refractivity contribution >= 4 is 23.7 Å². The van der Waals surface area contributed by atoms with Gasteiger partial charge in [-0.1, -0.05) is 12.2 Å². The van der Waals surface area contributed by atoms with Crippen molar-refractivity contribution in [2.24, 2.45) is 0 Å². The van der Waals surface area contributed by atoms with Crippen LogP contribution < -0.4 is 0 Å². The first-order valence-electron chi connectivity index (χ1n) is 7.05. The third-order valence-electron chi connectivity index (χ3n) is 2.77. The number of carbonyl (C=O) groups excluding carboxylic acids is 1. The Morgan fingerprint density at radius 3 is 2.57 bits per heavy atom. The van der Waals surface area contributed by atoms with Gasteiger partial charge in [-0.2, -0.15) is 11.3 Å². The summed E-state index contributed by atoms with van der Waals surface area (Å²) in [6, 6.07) is 5.42. The maximum absolute atomic E-state index is 10.4. The maximum Gasteiger partial charge on any atom is 0.185 e. The minimum Gasteiger partial charge on any atom is -0.456 e. The van der Waals surface area contributed by atoms with E-state index in [1.807, 2.05) is 30.5 Å². The van der Waals surface area contributed by atoms with Crippen LogP contribution in [0.15, 0.2) is 39.5 Å². The van der Waals surface area contributed by atoms with Gasteiger partial charge in [0.15, 0.2) is 18.3 Å². The fourth-order valence-corrected chi connectivity index (χ4v) is 2.04. The van der Waals surface area contributed by atoms with E-state index < -0.39 is 0 Å². The molecular formula is C17H22O5S. The molecule has 126 valence electrons. The van der Waals surface area contributed by atoms with Crippen LogP contribution in [0.4, 0.5) is 0 Å². The van der Waals surface area contributed by atoms with Crippen molar-refractivity contribution < 1.29 is 23.4 Å². The summed E-state index contributed by atoms with van der Waals surface area (Å²) in [5, 5.41) is 4.10. The Morgan fingerprint density at radius 1 is 1.26 bits per heavy atom. The van der Waals surface area contributed by atoms with Crippen LogP contribution in [0, 0.1) is 0 Å². The molecule has 0 aromatic carbocycles. The highest BCUT2D eigenvalue weighted by Crippen LogP contribution is 2.09. The average molecular weight is 338 g/mol. The molecule has 0 saturated carbocycles. The summed E-state index contributed by atoms with van der Waals surface area (Å²) >= 11 is 1.67. The van der Waals surface area contributed by atoms with Gasteiger partial charge in [-0.05, 0) is 41.4 Å². The highest BCUT2D eigenvalue weighted by Gasteiger charge is 1.99. The summed E-state index contributed by atoms with van der Waals surface area (Å²) in [7, 11) is 3.21. The first-order valence-corrected chi connectivity index (χ1v) is 7.99. The molecule has 0 bridgehead atoms. The zero-order valence-electron chi connectivity index (χ0n) is 13.6. The fraction of sp³-hybridized carbons (Fsp3) is 0.353. The van der Waals surface area contributed by atoms with Gasteiger partial charge in [0.25, 0.3) is 0 Å². The Morgan fingerprint density at radius 2 is 2.04 bits per heavy atom. The van der Waals surface area contributed by atoms with E-state index in [9.17, 15) is 4.79 Å². The van der Waals surface area contributed by atoms with Crippen LogP contribution >= 0.6 is 11.3 Å². The molecular weight excluding hydrogens is 316 g/mol. The third-order valence-corrected chi connectivity index (χ3v) is 3.48. The predicted octanol–water partition coefficient (Wildman–Crippen LogP) is 4.01. The van der Waals surface area contributed by atoms with Crippen LogP contribution in [-0.4, -0.2) is 33.4 Å². The van der Waals surface area contributed by atoms with E-state index >= 15 is 0 Å². The van der Waals surface area contributed by atoms with Crippen molar-refractivity contribution in [2.75, 3.05) is 20.8 Å². The van der Waals surface area contributed by atoms with Gasteiger partial charge in [0.05, 0.1) is 6.61 Å². The molecule has 2 rings (SSSR count). The molecule has 0 aliphatic carbocycles. The molecule has 0 aliphatic heterocycles. The summed E-state index contributed by atoms with van der Waals surface area (Å²) in [5.41, 5.74) is 1.18. The summed E-state index contributed by atoms with van der Waals surface area (Å²) < 4.78 is 19.9. The molecule has 2 aromatic heterocycles. The van der Waals surface area contributed by atoms with Crippen LogP contribution in [0.3, 0.4) is 0 Å². The number of rotatable bonds is 8. The van der Waals surface area contributed by atoms with Gasteiger partial charge in [0, 0.05) is 14.2 Å². The van der Waals surface area contributed by atoms with E-state index in [0.717, 1.165) is 0 Å². The molecule has 2 heterocycles. The van der Waals surface area contributed by atoms with Crippen molar-refractivity contribution in [1.82, 2.24) is 0 Å². The number of aldehydes is 1. The lowest BCUT2D eigenvalue weighted by molar-refractivity contribution is -0.0877. The quantitative estimate of drug-likeness (QED) is 0.413. The van der Waals surface area contributed by atoms with Crippen molar-refractivity contribution in [3.05, 3.63) is 52.1 Å². The van der Waals surface area contributed by atoms with Crippen LogP contribution in [0.1, 0.15) is 28.8 Å². The minimum atomic E-state index is -0.0648. The van der Waals surface area contributed by atoms with Gasteiger partial charge in [-0.3, -0.25) is 4.79 Å². The topological polar surface area (TPSA) is 57.9 Å². The molecule has 23 heavy (non-hydrogen) atoms. The third kappa shape index (κ3) is 8.47. The summed E-state index contributed by atoms with van der Waals surface area (Å²) in [6.07, 6.45) is 4.58. The van der Waals surface area contributed by atoms with Crippen molar-refractivity contribution in [3.8, 4) is 0 Å². The van der Waals surface area contributed by atoms with E-state index in [0.29, 0.717) is 31.0 Å². The molecule has 0 atom stereocenters. The molecule has 0 aliphatic rings. The van der Waals surface area contributed by atoms with Gasteiger partial charge in [0.1, 0.15) is 12.4 Å². The lowest BCUT2D eigenvalue weighted by Gasteiger charge is -2.03. The normalized spacial score (nSPS) is 10.8. The van der Waals surface area contributed by atoms with Gasteiger partial charge in [-0.25, -0.2) is 0 Å². The smallest absolute Gasteiger partial charge is 0.185 e. The van der Waals surface area contributed by atoms with Gasteiger partial charge in [0.2, 0.25) is 0 Å². The standard InChI is InChI=1S/C13H12O3S.C4H10O2/c14-8-12-3-4-13(16-12)9-15-6-1-2-11-5-7-17-10-11;1-4(5-2)6-3/h1-5,7-8,10H,6,9H2;4H,1-3H3/b2-1+;. The van der Waals surface area contributed by atoms with Crippen LogP contribution in [0.5, 0.6) is 0 Å². The van der Waals surface area contributed by atoms with Crippen molar-refractivity contribution in [1.29, 1.82) is 0 Å². The second-order valence-corrected chi connectivity index (χ2v) is 5.22. The van der Waals surface area contributed by atoms with E-state index in [4.69, 9.17) is 9.15 Å². The predicted molar refractivity (Wildman–Crippen MR) is 90.6 cm³/mol. The lowest BCUT2D eigenvalue weighted by atomic mass is 10.3. The average Bonchev–Trinajstić information content (AvgIpc) is 3.25. The molecule has 0 fully saturated rings. The first-order chi connectivity index (χ1) is 11.2. The second kappa shape index (κ2) is 11.8. The Labute approximate surface area is 140 Å². The Balaban J connectivity index is 0.000000379. The van der Waals surface area contributed by atoms with Crippen molar-refractivity contribution in [3.63, 3.8) is 0 Å². The van der Waals surface area contributed by atoms with Gasteiger partial charge in [-0.15, -0.1) is 0 Å². The highest BCUT2D eigenvalue weighted by atomic mass is 32.1. The molecule has 2 aromatic rings. The molecule has 0 saturated heterocycles. The highest BCUT2D eigenvalue weighted by molar-refractivity contribution is 7.08. The monoisotopic (exact) mass is 338 g/mol. The van der Waals surface area contributed by atoms with Crippen LogP contribution in [-0.2, 0) is 20.8 Å². The number of carbonyl (C=O) groups is 1. The molecule has 0 unspecified atom stereocenters. The number of hydrogen-bond acceptors (Lipinski definition) is 6. The largest absolute Gasteiger partial charge is 0.456 e. The zero-order chi connectivity index (χ0) is 16.9. The molecule has 5 nitrogen and oxygen atoms in total. The molecule has 0 spiro atoms. The lowest BCUT2D eigenvalue weighted by Crippen LogP contribution is -2.05. The number of hydrogen-bond donors (Lipinski definition) is 0. The van der Waals surface area contributed by atoms with E-state index in [1.165, 1.54) is 5.56 Å². The number of methoxy groups -OCH3 is 2.